The van der Waals surface area contributed by atoms with Crippen LogP contribution in [0.4, 0.5) is 0 Å². The summed E-state index contributed by atoms with van der Waals surface area (Å²) in [5.74, 6) is -0.884. The molecule has 4 rings (SSSR count). The van der Waals surface area contributed by atoms with E-state index in [0.717, 1.165) is 12.8 Å². The maximum absolute atomic E-state index is 13.8. The van der Waals surface area contributed by atoms with Crippen molar-refractivity contribution in [2.75, 3.05) is 13.2 Å². The van der Waals surface area contributed by atoms with Crippen LogP contribution in [0.2, 0.25) is 0 Å². The number of benzene rings is 2. The van der Waals surface area contributed by atoms with Gasteiger partial charge in [-0.05, 0) is 62.3 Å². The number of ketones is 1. The van der Waals surface area contributed by atoms with E-state index in [9.17, 15) is 18.9 Å². The second-order valence-corrected chi connectivity index (χ2v) is 12.0. The first-order valence-electron chi connectivity index (χ1n) is 13.9. The number of amides is 1. The van der Waals surface area contributed by atoms with Gasteiger partial charge in [-0.2, -0.15) is 5.09 Å². The highest BCUT2D eigenvalue weighted by Gasteiger charge is 2.40. The third kappa shape index (κ3) is 9.10. The van der Waals surface area contributed by atoms with Crippen LogP contribution in [0.1, 0.15) is 45.1 Å². The van der Waals surface area contributed by atoms with E-state index in [1.165, 1.54) is 29.7 Å². The molecule has 0 saturated carbocycles. The maximum Gasteiger partial charge on any atom is 0.459 e. The van der Waals surface area contributed by atoms with Gasteiger partial charge in [-0.1, -0.05) is 55.5 Å². The first-order chi connectivity index (χ1) is 19.7. The number of hydrogen-bond acceptors (Lipinski definition) is 8. The first-order valence-corrected chi connectivity index (χ1v) is 15.4. The Hall–Kier alpha value is -3.30. The molecule has 11 heteroatoms. The molecule has 1 amide bonds. The lowest BCUT2D eigenvalue weighted by molar-refractivity contribution is -0.145. The van der Waals surface area contributed by atoms with Gasteiger partial charge in [-0.25, -0.2) is 4.57 Å². The molecule has 0 aliphatic carbocycles. The highest BCUT2D eigenvalue weighted by Crippen LogP contribution is 2.46. The third-order valence-electron chi connectivity index (χ3n) is 6.91. The molecule has 0 bridgehead atoms. The molecule has 1 N–H and O–H groups in total. The molecule has 41 heavy (non-hydrogen) atoms. The monoisotopic (exact) mass is 584 g/mol. The predicted molar refractivity (Wildman–Crippen MR) is 152 cm³/mol. The number of hydrogen-bond donors (Lipinski definition) is 1. The van der Waals surface area contributed by atoms with Crippen molar-refractivity contribution in [3.05, 3.63) is 78.5 Å². The van der Waals surface area contributed by atoms with Crippen molar-refractivity contribution in [3.8, 4) is 5.75 Å². The Labute approximate surface area is 240 Å². The van der Waals surface area contributed by atoms with Gasteiger partial charge in [0.2, 0.25) is 5.91 Å². The summed E-state index contributed by atoms with van der Waals surface area (Å²) in [5.41, 5.74) is 1.23. The molecule has 2 aliphatic heterocycles. The summed E-state index contributed by atoms with van der Waals surface area (Å²) < 4.78 is 36.8. The van der Waals surface area contributed by atoms with Crippen LogP contribution < -0.4 is 9.61 Å². The molecule has 2 aromatic carbocycles. The zero-order valence-electron chi connectivity index (χ0n) is 23.3. The minimum atomic E-state index is -4.06. The minimum absolute atomic E-state index is 0.0396. The zero-order chi connectivity index (χ0) is 29.2. The van der Waals surface area contributed by atoms with Gasteiger partial charge >= 0.3 is 13.7 Å². The van der Waals surface area contributed by atoms with Gasteiger partial charge in [0.05, 0.1) is 25.7 Å². The molecular weight excluding hydrogens is 547 g/mol. The van der Waals surface area contributed by atoms with Crippen LogP contribution in [-0.4, -0.2) is 54.1 Å². The van der Waals surface area contributed by atoms with Crippen molar-refractivity contribution in [2.45, 2.75) is 64.3 Å². The van der Waals surface area contributed by atoms with Gasteiger partial charge in [0.25, 0.3) is 0 Å². The summed E-state index contributed by atoms with van der Waals surface area (Å²) in [4.78, 5) is 37.9. The van der Waals surface area contributed by atoms with Crippen LogP contribution in [0, 0.1) is 5.92 Å². The Morgan fingerprint density at radius 3 is 2.51 bits per heavy atom. The molecule has 0 spiro atoms. The average Bonchev–Trinajstić information content (AvgIpc) is 3.32. The van der Waals surface area contributed by atoms with E-state index in [2.05, 4.69) is 17.2 Å². The van der Waals surface area contributed by atoms with Crippen molar-refractivity contribution in [1.82, 2.24) is 9.99 Å². The Balaban J connectivity index is 1.31. The number of nitrogens with zero attached hydrogens (tertiary/aromatic N) is 1. The van der Waals surface area contributed by atoms with E-state index in [-0.39, 0.29) is 37.2 Å². The molecule has 1 fully saturated rings. The smallest absolute Gasteiger partial charge is 0.459 e. The van der Waals surface area contributed by atoms with E-state index >= 15 is 0 Å². The van der Waals surface area contributed by atoms with Crippen molar-refractivity contribution >= 4 is 25.4 Å². The lowest BCUT2D eigenvalue weighted by Crippen LogP contribution is -2.39. The number of aryl methyl sites for hydroxylation is 1. The number of rotatable bonds is 14. The molecule has 0 unspecified atom stereocenters. The molecule has 0 aromatic heterocycles. The van der Waals surface area contributed by atoms with Crippen molar-refractivity contribution in [2.24, 2.45) is 5.92 Å². The van der Waals surface area contributed by atoms with Crippen LogP contribution in [0.25, 0.3) is 0 Å². The average molecular weight is 585 g/mol. The van der Waals surface area contributed by atoms with Crippen LogP contribution in [-0.2, 0) is 39.4 Å². The predicted octanol–water partition coefficient (Wildman–Crippen LogP) is 4.80. The fourth-order valence-corrected chi connectivity index (χ4v) is 6.09. The zero-order valence-corrected chi connectivity index (χ0v) is 24.2. The largest absolute Gasteiger partial charge is 0.465 e. The molecule has 5 atom stereocenters. The van der Waals surface area contributed by atoms with Crippen LogP contribution in [0.15, 0.2) is 72.9 Å². The van der Waals surface area contributed by atoms with Gasteiger partial charge in [-0.15, -0.1) is 0 Å². The number of carbonyl (C=O) groups is 3. The highest BCUT2D eigenvalue weighted by atomic mass is 31.2. The molecule has 220 valence electrons. The second kappa shape index (κ2) is 14.5. The quantitative estimate of drug-likeness (QED) is 0.144. The standard InChI is InChI=1S/C30H37N2O8P/c1-22-19-29(32-17-16-25(33)20-28(32)34)39-27(22)21-38-41(36,40-26-14-7-4-8-15-26)31-23(2)30(35)37-18-10-9-13-24-11-5-3-6-12-24/h3-8,11-12,14-17,22-23,27,29H,9-10,13,18-21H2,1-2H3,(H,31,36)/t22-,23-,27+,29+,41-/m0/s1. The number of esters is 1. The van der Waals surface area contributed by atoms with Crippen LogP contribution in [0.5, 0.6) is 5.75 Å². The highest BCUT2D eigenvalue weighted by molar-refractivity contribution is 7.52. The third-order valence-corrected chi connectivity index (χ3v) is 8.56. The normalized spacial score (nSPS) is 22.8. The van der Waals surface area contributed by atoms with E-state index in [1.807, 2.05) is 25.1 Å². The van der Waals surface area contributed by atoms with Crippen LogP contribution in [0.3, 0.4) is 0 Å². The number of carbonyl (C=O) groups excluding carboxylic acids is 3. The molecular formula is C30H37N2O8P. The molecule has 2 heterocycles. The lowest BCUT2D eigenvalue weighted by Gasteiger charge is -2.28. The summed E-state index contributed by atoms with van der Waals surface area (Å²) in [6.07, 6.45) is 4.51. The number of ether oxygens (including phenoxy) is 2. The molecule has 10 nitrogen and oxygen atoms in total. The summed E-state index contributed by atoms with van der Waals surface area (Å²) in [6.45, 7) is 3.61. The summed E-state index contributed by atoms with van der Waals surface area (Å²) >= 11 is 0. The second-order valence-electron chi connectivity index (χ2n) is 10.3. The van der Waals surface area contributed by atoms with Crippen molar-refractivity contribution in [1.29, 1.82) is 0 Å². The lowest BCUT2D eigenvalue weighted by atomic mass is 10.0. The summed E-state index contributed by atoms with van der Waals surface area (Å²) in [6, 6.07) is 17.6. The van der Waals surface area contributed by atoms with Crippen LogP contribution >= 0.6 is 7.75 Å². The Bertz CT molecular complexity index is 1260. The van der Waals surface area contributed by atoms with Crippen molar-refractivity contribution in [3.63, 3.8) is 0 Å². The van der Waals surface area contributed by atoms with Crippen molar-refractivity contribution < 1.29 is 37.5 Å². The first kappa shape index (κ1) is 30.7. The Morgan fingerprint density at radius 2 is 1.80 bits per heavy atom. The summed E-state index contributed by atoms with van der Waals surface area (Å²) in [7, 11) is -4.06. The van der Waals surface area contributed by atoms with Gasteiger partial charge in [0, 0.05) is 6.20 Å². The van der Waals surface area contributed by atoms with E-state index in [1.54, 1.807) is 30.3 Å². The topological polar surface area (TPSA) is 120 Å². The molecule has 2 aliphatic rings. The molecule has 2 aromatic rings. The van der Waals surface area contributed by atoms with E-state index in [0.29, 0.717) is 18.6 Å². The van der Waals surface area contributed by atoms with Gasteiger partial charge in [0.1, 0.15) is 18.0 Å². The van der Waals surface area contributed by atoms with Gasteiger partial charge < -0.3 is 14.0 Å². The fraction of sp³-hybridized carbons (Fsp3) is 0.433. The van der Waals surface area contributed by atoms with E-state index in [4.69, 9.17) is 18.5 Å². The van der Waals surface area contributed by atoms with Gasteiger partial charge in [-0.3, -0.25) is 23.8 Å². The Kier molecular flexibility index (Phi) is 10.9. The van der Waals surface area contributed by atoms with Gasteiger partial charge in [0.15, 0.2) is 5.78 Å². The SMILES string of the molecule is C[C@H](N[P@](=O)(OC[C@H]1O[C@@H](N2C=CC(=O)CC2=O)C[C@@H]1C)Oc1ccccc1)C(=O)OCCCCc1ccccc1. The number of nitrogens with one attached hydrogen (secondary N) is 1. The van der Waals surface area contributed by atoms with E-state index < -0.39 is 32.1 Å². The Morgan fingerprint density at radius 1 is 1.10 bits per heavy atom. The minimum Gasteiger partial charge on any atom is -0.465 e. The fourth-order valence-electron chi connectivity index (χ4n) is 4.59. The summed E-state index contributed by atoms with van der Waals surface area (Å²) in [5, 5.41) is 2.70. The molecule has 0 radical (unpaired) electrons. The maximum atomic E-state index is 13.8. The molecule has 1 saturated heterocycles. The number of unbranched alkanes of at least 4 members (excludes halogenated alkanes) is 1. The number of allylic oxidation sites excluding steroid dienone is 1. The number of para-hydroxylation sites is 1.